The molecule has 2 saturated heterocycles. The summed E-state index contributed by atoms with van der Waals surface area (Å²) in [6.07, 6.45) is 4.16. The van der Waals surface area contributed by atoms with E-state index in [4.69, 9.17) is 0 Å². The van der Waals surface area contributed by atoms with Crippen LogP contribution in [-0.4, -0.2) is 37.1 Å². The first-order valence-electron chi connectivity index (χ1n) is 7.09. The lowest BCUT2D eigenvalue weighted by Gasteiger charge is -2.39. The molecule has 2 aliphatic rings. The predicted molar refractivity (Wildman–Crippen MR) is 69.6 cm³/mol. The molecule has 0 saturated carbocycles. The third-order valence-electron chi connectivity index (χ3n) is 4.18. The first-order valence-corrected chi connectivity index (χ1v) is 7.09. The van der Waals surface area contributed by atoms with Crippen molar-refractivity contribution in [2.45, 2.75) is 46.1 Å². The van der Waals surface area contributed by atoms with Gasteiger partial charge in [-0.05, 0) is 43.6 Å². The quantitative estimate of drug-likeness (QED) is 0.774. The maximum atomic E-state index is 3.68. The zero-order valence-electron chi connectivity index (χ0n) is 11.2. The van der Waals surface area contributed by atoms with Gasteiger partial charge in [0.15, 0.2) is 0 Å². The Bertz CT molecular complexity index is 207. The summed E-state index contributed by atoms with van der Waals surface area (Å²) in [5.74, 6) is 2.71. The second-order valence-corrected chi connectivity index (χ2v) is 6.45. The third-order valence-corrected chi connectivity index (χ3v) is 4.18. The average Bonchev–Trinajstić information content (AvgIpc) is 2.15. The van der Waals surface area contributed by atoms with Crippen LogP contribution in [0.4, 0.5) is 0 Å². The molecule has 16 heavy (non-hydrogen) atoms. The molecule has 0 aromatic rings. The Labute approximate surface area is 101 Å². The summed E-state index contributed by atoms with van der Waals surface area (Å²) in [7, 11) is 0. The minimum absolute atomic E-state index is 0.751. The molecule has 2 nitrogen and oxygen atoms in total. The molecular formula is C14H28N2. The van der Waals surface area contributed by atoms with Crippen LogP contribution in [0.2, 0.25) is 0 Å². The van der Waals surface area contributed by atoms with Crippen LogP contribution in [0, 0.1) is 17.8 Å². The summed E-state index contributed by atoms with van der Waals surface area (Å²) >= 11 is 0. The highest BCUT2D eigenvalue weighted by Gasteiger charge is 2.25. The van der Waals surface area contributed by atoms with Crippen molar-refractivity contribution in [1.29, 1.82) is 0 Å². The Morgan fingerprint density at radius 3 is 2.31 bits per heavy atom. The second kappa shape index (κ2) is 5.50. The lowest BCUT2D eigenvalue weighted by Crippen LogP contribution is -2.49. The molecule has 4 atom stereocenters. The molecular weight excluding hydrogens is 196 g/mol. The van der Waals surface area contributed by atoms with Crippen LogP contribution < -0.4 is 5.32 Å². The summed E-state index contributed by atoms with van der Waals surface area (Å²) in [6, 6.07) is 0.751. The highest BCUT2D eigenvalue weighted by molar-refractivity contribution is 4.82. The Hall–Kier alpha value is -0.0800. The monoisotopic (exact) mass is 224 g/mol. The third kappa shape index (κ3) is 3.46. The van der Waals surface area contributed by atoms with Crippen molar-refractivity contribution in [3.05, 3.63) is 0 Å². The Morgan fingerprint density at radius 1 is 1.00 bits per heavy atom. The van der Waals surface area contributed by atoms with Gasteiger partial charge in [-0.25, -0.2) is 0 Å². The van der Waals surface area contributed by atoms with E-state index in [1.807, 2.05) is 0 Å². The topological polar surface area (TPSA) is 15.3 Å². The largest absolute Gasteiger partial charge is 0.313 e. The molecule has 0 aliphatic carbocycles. The van der Waals surface area contributed by atoms with E-state index in [9.17, 15) is 0 Å². The van der Waals surface area contributed by atoms with E-state index in [1.54, 1.807) is 0 Å². The number of likely N-dealkylation sites (tertiary alicyclic amines) is 1. The van der Waals surface area contributed by atoms with Crippen molar-refractivity contribution in [2.75, 3.05) is 26.2 Å². The van der Waals surface area contributed by atoms with Gasteiger partial charge in [-0.3, -0.25) is 0 Å². The molecule has 2 heterocycles. The SMILES string of the molecule is CC1CCNC(CN2CC(C)CC(C)C2)C1. The van der Waals surface area contributed by atoms with E-state index in [2.05, 4.69) is 31.0 Å². The molecule has 94 valence electrons. The molecule has 0 aromatic carbocycles. The zero-order valence-corrected chi connectivity index (χ0v) is 11.2. The molecule has 2 rings (SSSR count). The molecule has 2 aliphatic heterocycles. The fourth-order valence-corrected chi connectivity index (χ4v) is 3.61. The minimum Gasteiger partial charge on any atom is -0.313 e. The number of piperidine rings is 2. The smallest absolute Gasteiger partial charge is 0.0197 e. The highest BCUT2D eigenvalue weighted by Crippen LogP contribution is 2.22. The summed E-state index contributed by atoms with van der Waals surface area (Å²) in [5.41, 5.74) is 0. The van der Waals surface area contributed by atoms with Gasteiger partial charge >= 0.3 is 0 Å². The number of nitrogens with zero attached hydrogens (tertiary/aromatic N) is 1. The van der Waals surface area contributed by atoms with Crippen LogP contribution in [0.3, 0.4) is 0 Å². The first-order chi connectivity index (χ1) is 7.63. The molecule has 2 heteroatoms. The summed E-state index contributed by atoms with van der Waals surface area (Å²) in [4.78, 5) is 2.69. The maximum absolute atomic E-state index is 3.68. The summed E-state index contributed by atoms with van der Waals surface area (Å²) < 4.78 is 0. The van der Waals surface area contributed by atoms with Gasteiger partial charge in [0.05, 0.1) is 0 Å². The van der Waals surface area contributed by atoms with Crippen LogP contribution in [0.1, 0.15) is 40.0 Å². The van der Waals surface area contributed by atoms with E-state index in [0.29, 0.717) is 0 Å². The van der Waals surface area contributed by atoms with Crippen LogP contribution in [0.15, 0.2) is 0 Å². The van der Waals surface area contributed by atoms with Gasteiger partial charge in [0.2, 0.25) is 0 Å². The number of rotatable bonds is 2. The predicted octanol–water partition coefficient (Wildman–Crippen LogP) is 2.35. The second-order valence-electron chi connectivity index (χ2n) is 6.45. The normalized spacial score (nSPS) is 42.2. The van der Waals surface area contributed by atoms with Gasteiger partial charge in [0.25, 0.3) is 0 Å². The van der Waals surface area contributed by atoms with Crippen LogP contribution in [0.25, 0.3) is 0 Å². The first kappa shape index (κ1) is 12.4. The number of hydrogen-bond donors (Lipinski definition) is 1. The molecule has 0 spiro atoms. The number of hydrogen-bond acceptors (Lipinski definition) is 2. The fraction of sp³-hybridized carbons (Fsp3) is 1.00. The maximum Gasteiger partial charge on any atom is 0.0197 e. The molecule has 2 fully saturated rings. The molecule has 1 N–H and O–H groups in total. The van der Waals surface area contributed by atoms with E-state index in [-0.39, 0.29) is 0 Å². The van der Waals surface area contributed by atoms with Crippen molar-refractivity contribution >= 4 is 0 Å². The van der Waals surface area contributed by atoms with E-state index >= 15 is 0 Å². The van der Waals surface area contributed by atoms with Crippen LogP contribution in [-0.2, 0) is 0 Å². The highest BCUT2D eigenvalue weighted by atomic mass is 15.2. The molecule has 0 radical (unpaired) electrons. The molecule has 0 aromatic heterocycles. The molecule has 0 amide bonds. The minimum atomic E-state index is 0.751. The van der Waals surface area contributed by atoms with E-state index in [0.717, 1.165) is 23.8 Å². The van der Waals surface area contributed by atoms with Gasteiger partial charge in [-0.2, -0.15) is 0 Å². The van der Waals surface area contributed by atoms with Gasteiger partial charge in [-0.15, -0.1) is 0 Å². The van der Waals surface area contributed by atoms with Gasteiger partial charge in [0.1, 0.15) is 0 Å². The number of nitrogens with one attached hydrogen (secondary N) is 1. The fourth-order valence-electron chi connectivity index (χ4n) is 3.61. The van der Waals surface area contributed by atoms with Crippen molar-refractivity contribution in [2.24, 2.45) is 17.8 Å². The van der Waals surface area contributed by atoms with Crippen LogP contribution >= 0.6 is 0 Å². The lowest BCUT2D eigenvalue weighted by atomic mass is 9.90. The zero-order chi connectivity index (χ0) is 11.5. The molecule has 0 bridgehead atoms. The summed E-state index contributed by atoms with van der Waals surface area (Å²) in [5, 5.41) is 3.68. The Kier molecular flexibility index (Phi) is 4.26. The van der Waals surface area contributed by atoms with Crippen molar-refractivity contribution in [1.82, 2.24) is 10.2 Å². The van der Waals surface area contributed by atoms with Crippen molar-refractivity contribution in [3.8, 4) is 0 Å². The summed E-state index contributed by atoms with van der Waals surface area (Å²) in [6.45, 7) is 12.3. The van der Waals surface area contributed by atoms with Gasteiger partial charge in [-0.1, -0.05) is 20.8 Å². The Balaban J connectivity index is 1.79. The standard InChI is InChI=1S/C14H28N2/c1-11-4-5-15-14(7-11)10-16-8-12(2)6-13(3)9-16/h11-15H,4-10H2,1-3H3. The lowest BCUT2D eigenvalue weighted by molar-refractivity contribution is 0.118. The van der Waals surface area contributed by atoms with E-state index < -0.39 is 0 Å². The van der Waals surface area contributed by atoms with E-state index in [1.165, 1.54) is 45.4 Å². The molecule has 4 unspecified atom stereocenters. The van der Waals surface area contributed by atoms with Gasteiger partial charge in [0, 0.05) is 25.7 Å². The van der Waals surface area contributed by atoms with Crippen molar-refractivity contribution < 1.29 is 0 Å². The van der Waals surface area contributed by atoms with Crippen LogP contribution in [0.5, 0.6) is 0 Å². The van der Waals surface area contributed by atoms with Crippen molar-refractivity contribution in [3.63, 3.8) is 0 Å². The Morgan fingerprint density at radius 2 is 1.69 bits per heavy atom. The average molecular weight is 224 g/mol. The van der Waals surface area contributed by atoms with Gasteiger partial charge < -0.3 is 10.2 Å².